The van der Waals surface area contributed by atoms with Crippen molar-refractivity contribution >= 4 is 16.8 Å². The highest BCUT2D eigenvalue weighted by Crippen LogP contribution is 2.28. The lowest BCUT2D eigenvalue weighted by Crippen LogP contribution is -2.34. The van der Waals surface area contributed by atoms with Crippen LogP contribution in [-0.2, 0) is 4.79 Å². The molecule has 1 aliphatic heterocycles. The molecule has 0 saturated carbocycles. The molecule has 1 aromatic carbocycles. The molecule has 0 aliphatic carbocycles. The Bertz CT molecular complexity index is 725. The third kappa shape index (κ3) is 2.91. The standard InChI is InChI=1S/C16H18FN3O3/c1-3-10-13(20-15(21)14(10)17)7-23-16-11-6-9(22-2)4-5-12(11)18-8-19-16/h4-6,8,10,13-14H,3,7H2,1-2H3,(H,20,21)/t10-,13+,14-/m0/s1. The predicted octanol–water partition coefficient (Wildman–Crippen LogP) is 1.88. The number of nitrogens with zero attached hydrogens (tertiary/aromatic N) is 2. The second kappa shape index (κ2) is 6.36. The van der Waals surface area contributed by atoms with E-state index in [1.54, 1.807) is 19.2 Å². The predicted molar refractivity (Wildman–Crippen MR) is 82.2 cm³/mol. The number of fused-ring (bicyclic) bond motifs is 1. The number of benzene rings is 1. The van der Waals surface area contributed by atoms with Gasteiger partial charge in [0.05, 0.1) is 24.1 Å². The number of ether oxygens (including phenoxy) is 2. The molecule has 3 atom stereocenters. The highest BCUT2D eigenvalue weighted by Gasteiger charge is 2.41. The average molecular weight is 319 g/mol. The highest BCUT2D eigenvalue weighted by molar-refractivity contribution is 5.85. The van der Waals surface area contributed by atoms with Crippen molar-refractivity contribution in [3.8, 4) is 11.6 Å². The number of carbonyl (C=O) groups excluding carboxylic acids is 1. The van der Waals surface area contributed by atoms with Gasteiger partial charge in [0.25, 0.3) is 5.91 Å². The van der Waals surface area contributed by atoms with Gasteiger partial charge < -0.3 is 14.8 Å². The first kappa shape index (κ1) is 15.5. The van der Waals surface area contributed by atoms with Gasteiger partial charge in [-0.05, 0) is 24.6 Å². The van der Waals surface area contributed by atoms with Crippen molar-refractivity contribution < 1.29 is 18.7 Å². The normalized spacial score (nSPS) is 23.8. The van der Waals surface area contributed by atoms with Crippen LogP contribution in [0.4, 0.5) is 4.39 Å². The molecule has 1 aromatic heterocycles. The minimum Gasteiger partial charge on any atom is -0.497 e. The summed E-state index contributed by atoms with van der Waals surface area (Å²) in [6, 6.07) is 5.04. The number of alkyl halides is 1. The van der Waals surface area contributed by atoms with Gasteiger partial charge in [0.15, 0.2) is 6.17 Å². The Morgan fingerprint density at radius 1 is 1.35 bits per heavy atom. The highest BCUT2D eigenvalue weighted by atomic mass is 19.1. The van der Waals surface area contributed by atoms with E-state index < -0.39 is 12.1 Å². The van der Waals surface area contributed by atoms with Crippen molar-refractivity contribution in [2.45, 2.75) is 25.6 Å². The number of halogens is 1. The van der Waals surface area contributed by atoms with Crippen LogP contribution in [-0.4, -0.2) is 41.8 Å². The molecule has 6 nitrogen and oxygen atoms in total. The van der Waals surface area contributed by atoms with Crippen molar-refractivity contribution in [1.29, 1.82) is 0 Å². The molecular weight excluding hydrogens is 301 g/mol. The third-order valence-corrected chi connectivity index (χ3v) is 4.15. The summed E-state index contributed by atoms with van der Waals surface area (Å²) in [5.74, 6) is 0.103. The Kier molecular flexibility index (Phi) is 4.27. The van der Waals surface area contributed by atoms with Crippen molar-refractivity contribution in [3.05, 3.63) is 24.5 Å². The van der Waals surface area contributed by atoms with E-state index in [-0.39, 0.29) is 18.6 Å². The van der Waals surface area contributed by atoms with Gasteiger partial charge in [-0.1, -0.05) is 6.92 Å². The Labute approximate surface area is 133 Å². The van der Waals surface area contributed by atoms with E-state index in [1.165, 1.54) is 6.33 Å². The lowest BCUT2D eigenvalue weighted by Gasteiger charge is -2.18. The summed E-state index contributed by atoms with van der Waals surface area (Å²) in [7, 11) is 1.58. The number of nitrogens with one attached hydrogen (secondary N) is 1. The molecule has 2 heterocycles. The smallest absolute Gasteiger partial charge is 0.255 e. The van der Waals surface area contributed by atoms with Crippen LogP contribution < -0.4 is 14.8 Å². The Balaban J connectivity index is 1.80. The zero-order valence-corrected chi connectivity index (χ0v) is 13.0. The molecule has 1 N–H and O–H groups in total. The van der Waals surface area contributed by atoms with Gasteiger partial charge in [-0.15, -0.1) is 0 Å². The lowest BCUT2D eigenvalue weighted by atomic mass is 9.97. The van der Waals surface area contributed by atoms with Gasteiger partial charge in [0, 0.05) is 5.92 Å². The minimum atomic E-state index is -1.48. The Morgan fingerprint density at radius 3 is 2.91 bits per heavy atom. The first-order valence-corrected chi connectivity index (χ1v) is 7.50. The topological polar surface area (TPSA) is 73.3 Å². The molecule has 1 fully saturated rings. The molecule has 1 saturated heterocycles. The summed E-state index contributed by atoms with van der Waals surface area (Å²) >= 11 is 0. The van der Waals surface area contributed by atoms with Gasteiger partial charge in [0.2, 0.25) is 5.88 Å². The molecular formula is C16H18FN3O3. The SMILES string of the molecule is CC[C@@H]1[C@H](F)C(=O)N[C@@H]1COc1ncnc2ccc(OC)cc12. The largest absolute Gasteiger partial charge is 0.497 e. The fraction of sp³-hybridized carbons (Fsp3) is 0.438. The van der Waals surface area contributed by atoms with Crippen LogP contribution >= 0.6 is 0 Å². The van der Waals surface area contributed by atoms with Gasteiger partial charge >= 0.3 is 0 Å². The van der Waals surface area contributed by atoms with Crippen molar-refractivity contribution in [3.63, 3.8) is 0 Å². The first-order valence-electron chi connectivity index (χ1n) is 7.50. The van der Waals surface area contributed by atoms with Crippen LogP contribution in [0.3, 0.4) is 0 Å². The van der Waals surface area contributed by atoms with Gasteiger partial charge in [-0.25, -0.2) is 14.4 Å². The van der Waals surface area contributed by atoms with Gasteiger partial charge in [0.1, 0.15) is 18.7 Å². The van der Waals surface area contributed by atoms with Gasteiger partial charge in [-0.3, -0.25) is 4.79 Å². The number of carbonyl (C=O) groups is 1. The maximum absolute atomic E-state index is 13.8. The third-order valence-electron chi connectivity index (χ3n) is 4.15. The molecule has 0 bridgehead atoms. The fourth-order valence-electron chi connectivity index (χ4n) is 2.85. The van der Waals surface area contributed by atoms with E-state index in [4.69, 9.17) is 9.47 Å². The molecule has 1 amide bonds. The second-order valence-electron chi connectivity index (χ2n) is 5.46. The zero-order valence-electron chi connectivity index (χ0n) is 13.0. The number of methoxy groups -OCH3 is 1. The summed E-state index contributed by atoms with van der Waals surface area (Å²) in [5, 5.41) is 3.35. The van der Waals surface area contributed by atoms with Gasteiger partial charge in [-0.2, -0.15) is 0 Å². The maximum Gasteiger partial charge on any atom is 0.255 e. The average Bonchev–Trinajstić information content (AvgIpc) is 2.86. The van der Waals surface area contributed by atoms with Crippen LogP contribution in [0.1, 0.15) is 13.3 Å². The Morgan fingerprint density at radius 2 is 2.17 bits per heavy atom. The van der Waals surface area contributed by atoms with E-state index in [9.17, 15) is 9.18 Å². The summed E-state index contributed by atoms with van der Waals surface area (Å²) in [6.45, 7) is 2.02. The van der Waals surface area contributed by atoms with E-state index >= 15 is 0 Å². The molecule has 3 rings (SSSR count). The quantitative estimate of drug-likeness (QED) is 0.911. The van der Waals surface area contributed by atoms with Crippen molar-refractivity contribution in [2.75, 3.05) is 13.7 Å². The number of amides is 1. The molecule has 1 aliphatic rings. The van der Waals surface area contributed by atoms with E-state index in [0.29, 0.717) is 23.4 Å². The van der Waals surface area contributed by atoms with E-state index in [2.05, 4.69) is 15.3 Å². The van der Waals surface area contributed by atoms with Crippen molar-refractivity contribution in [2.24, 2.45) is 5.92 Å². The minimum absolute atomic E-state index is 0.161. The summed E-state index contributed by atoms with van der Waals surface area (Å²) < 4.78 is 24.7. The van der Waals surface area contributed by atoms with Crippen LogP contribution in [0.15, 0.2) is 24.5 Å². The van der Waals surface area contributed by atoms with Crippen molar-refractivity contribution in [1.82, 2.24) is 15.3 Å². The van der Waals surface area contributed by atoms with Crippen LogP contribution in [0.25, 0.3) is 10.9 Å². The van der Waals surface area contributed by atoms with Crippen LogP contribution in [0.5, 0.6) is 11.6 Å². The number of hydrogen-bond acceptors (Lipinski definition) is 5. The zero-order chi connectivity index (χ0) is 16.4. The van der Waals surface area contributed by atoms with E-state index in [1.807, 2.05) is 13.0 Å². The molecule has 0 spiro atoms. The fourth-order valence-corrected chi connectivity index (χ4v) is 2.85. The van der Waals surface area contributed by atoms with Crippen LogP contribution in [0, 0.1) is 5.92 Å². The molecule has 23 heavy (non-hydrogen) atoms. The summed E-state index contributed by atoms with van der Waals surface area (Å²) in [4.78, 5) is 19.8. The lowest BCUT2D eigenvalue weighted by molar-refractivity contribution is -0.123. The second-order valence-corrected chi connectivity index (χ2v) is 5.46. The van der Waals surface area contributed by atoms with E-state index in [0.717, 1.165) is 5.52 Å². The first-order chi connectivity index (χ1) is 11.1. The number of hydrogen-bond donors (Lipinski definition) is 1. The van der Waals surface area contributed by atoms with Crippen LogP contribution in [0.2, 0.25) is 0 Å². The monoisotopic (exact) mass is 319 g/mol. The molecule has 122 valence electrons. The maximum atomic E-state index is 13.8. The molecule has 7 heteroatoms. The summed E-state index contributed by atoms with van der Waals surface area (Å²) in [6.07, 6.45) is 0.495. The molecule has 0 radical (unpaired) electrons. The Hall–Kier alpha value is -2.44. The molecule has 2 aromatic rings. The summed E-state index contributed by atoms with van der Waals surface area (Å²) in [5.41, 5.74) is 0.724. The molecule has 0 unspecified atom stereocenters. The number of aromatic nitrogens is 2. The number of rotatable bonds is 5.